The van der Waals surface area contributed by atoms with Gasteiger partial charge < -0.3 is 18.0 Å². The second-order valence-corrected chi connectivity index (χ2v) is 16.8. The van der Waals surface area contributed by atoms with Gasteiger partial charge in [-0.3, -0.25) is 0 Å². The maximum Gasteiger partial charge on any atom is 0.180 e. The quantitative estimate of drug-likeness (QED) is 0.177. The largest absolute Gasteiger partial charge is 0.456 e. The van der Waals surface area contributed by atoms with Crippen molar-refractivity contribution < 1.29 is 8.83 Å². The van der Waals surface area contributed by atoms with Crippen LogP contribution in [-0.2, 0) is 0 Å². The van der Waals surface area contributed by atoms with Gasteiger partial charge in [-0.1, -0.05) is 121 Å². The lowest BCUT2D eigenvalue weighted by molar-refractivity contribution is 0.664. The number of fused-ring (bicyclic) bond motifs is 7. The normalized spacial score (nSPS) is 12.4. The molecule has 0 aliphatic carbocycles. The van der Waals surface area contributed by atoms with E-state index in [1.165, 1.54) is 21.5 Å². The molecule has 0 bridgehead atoms. The van der Waals surface area contributed by atoms with Crippen LogP contribution in [0.1, 0.15) is 0 Å². The Morgan fingerprint density at radius 3 is 1.78 bits per heavy atom. The van der Waals surface area contributed by atoms with E-state index in [1.807, 2.05) is 18.2 Å². The average molecular weight is 817 g/mol. The molecule has 296 valence electrons. The lowest BCUT2D eigenvalue weighted by atomic mass is 10.00. The highest BCUT2D eigenvalue weighted by molar-refractivity contribution is 6.34. The Kier molecular flexibility index (Phi) is 6.59. The van der Waals surface area contributed by atoms with Crippen molar-refractivity contribution in [3.63, 3.8) is 0 Å². The molecule has 5 aromatic heterocycles. The Bertz CT molecular complexity index is 4330. The Labute approximate surface area is 363 Å². The first-order valence-electron chi connectivity index (χ1n) is 21.7. The summed E-state index contributed by atoms with van der Waals surface area (Å²) in [5, 5.41) is 12.5. The van der Waals surface area contributed by atoms with Crippen LogP contribution in [0.5, 0.6) is 0 Å². The van der Waals surface area contributed by atoms with Gasteiger partial charge in [0.25, 0.3) is 0 Å². The zero-order valence-corrected chi connectivity index (χ0v) is 34.1. The first-order valence-corrected chi connectivity index (χ1v) is 21.7. The van der Waals surface area contributed by atoms with E-state index in [2.05, 4.69) is 185 Å². The van der Waals surface area contributed by atoms with E-state index in [-0.39, 0.29) is 0 Å². The minimum absolute atomic E-state index is 0.639. The minimum Gasteiger partial charge on any atom is -0.456 e. The van der Waals surface area contributed by atoms with Crippen LogP contribution < -0.4 is 0 Å². The molecular formula is C58H32N4O2. The summed E-state index contributed by atoms with van der Waals surface area (Å²) in [6, 6.07) is 68.8. The molecule has 0 aliphatic heterocycles. The molecule has 0 fully saturated rings. The highest BCUT2D eigenvalue weighted by Gasteiger charge is 2.25. The summed E-state index contributed by atoms with van der Waals surface area (Å²) in [5.41, 5.74) is 13.3. The van der Waals surface area contributed by atoms with Gasteiger partial charge in [-0.15, -0.1) is 0 Å². The van der Waals surface area contributed by atoms with E-state index in [0.717, 1.165) is 110 Å². The molecule has 0 amide bonds. The summed E-state index contributed by atoms with van der Waals surface area (Å²) in [5.74, 6) is 0.639. The van der Waals surface area contributed by atoms with Gasteiger partial charge >= 0.3 is 0 Å². The van der Waals surface area contributed by atoms with Crippen molar-refractivity contribution in [2.75, 3.05) is 0 Å². The van der Waals surface area contributed by atoms with Gasteiger partial charge in [-0.2, -0.15) is 0 Å². The van der Waals surface area contributed by atoms with E-state index in [1.54, 1.807) is 0 Å². The van der Waals surface area contributed by atoms with Crippen molar-refractivity contribution in [1.29, 1.82) is 0 Å². The van der Waals surface area contributed by atoms with E-state index in [4.69, 9.17) is 18.8 Å². The van der Waals surface area contributed by atoms with E-state index < -0.39 is 0 Å². The molecule has 0 N–H and O–H groups in total. The summed E-state index contributed by atoms with van der Waals surface area (Å²) in [6.45, 7) is 0. The Morgan fingerprint density at radius 2 is 1.02 bits per heavy atom. The van der Waals surface area contributed by atoms with Crippen LogP contribution in [0.4, 0.5) is 0 Å². The molecule has 0 unspecified atom stereocenters. The van der Waals surface area contributed by atoms with Gasteiger partial charge in [0, 0.05) is 59.9 Å². The van der Waals surface area contributed by atoms with Crippen LogP contribution in [0.15, 0.2) is 203 Å². The molecule has 10 aromatic carbocycles. The Balaban J connectivity index is 1.00. The first kappa shape index (κ1) is 33.9. The van der Waals surface area contributed by atoms with Crippen molar-refractivity contribution in [3.05, 3.63) is 194 Å². The average Bonchev–Trinajstić information content (AvgIpc) is 3.98. The predicted octanol–water partition coefficient (Wildman–Crippen LogP) is 15.5. The number of nitrogens with zero attached hydrogens (tertiary/aromatic N) is 4. The molecule has 0 saturated carbocycles. The third kappa shape index (κ3) is 4.48. The molecule has 5 heterocycles. The predicted molar refractivity (Wildman–Crippen MR) is 262 cm³/mol. The monoisotopic (exact) mass is 816 g/mol. The van der Waals surface area contributed by atoms with Gasteiger partial charge in [0.2, 0.25) is 0 Å². The summed E-state index contributed by atoms with van der Waals surface area (Å²) < 4.78 is 18.2. The Morgan fingerprint density at radius 1 is 0.375 bits per heavy atom. The zero-order valence-electron chi connectivity index (χ0n) is 34.1. The summed E-state index contributed by atoms with van der Waals surface area (Å²) >= 11 is 0. The number of rotatable bonds is 4. The molecule has 0 saturated heterocycles. The number of furan rings is 1. The van der Waals surface area contributed by atoms with Crippen molar-refractivity contribution in [3.8, 4) is 34.0 Å². The lowest BCUT2D eigenvalue weighted by Gasteiger charge is -2.15. The van der Waals surface area contributed by atoms with Crippen molar-refractivity contribution in [2.24, 2.45) is 0 Å². The second kappa shape index (κ2) is 12.4. The molecule has 6 heteroatoms. The zero-order chi connectivity index (χ0) is 41.6. The molecule has 0 atom stereocenters. The fourth-order valence-electron chi connectivity index (χ4n) is 10.8. The number of hydrogen-bond donors (Lipinski definition) is 0. The van der Waals surface area contributed by atoms with Gasteiger partial charge in [0.1, 0.15) is 28.0 Å². The van der Waals surface area contributed by atoms with Crippen LogP contribution in [-0.4, -0.2) is 19.1 Å². The smallest absolute Gasteiger partial charge is 0.180 e. The molecule has 0 radical (unpaired) electrons. The second-order valence-electron chi connectivity index (χ2n) is 16.8. The fraction of sp³-hybridized carbons (Fsp3) is 0. The van der Waals surface area contributed by atoms with Gasteiger partial charge in [0.15, 0.2) is 11.4 Å². The summed E-state index contributed by atoms with van der Waals surface area (Å²) in [7, 11) is 0. The molecule has 0 aliphatic rings. The van der Waals surface area contributed by atoms with E-state index in [9.17, 15) is 0 Å². The van der Waals surface area contributed by atoms with Crippen LogP contribution >= 0.6 is 0 Å². The molecule has 6 nitrogen and oxygen atoms in total. The van der Waals surface area contributed by atoms with E-state index in [0.29, 0.717) is 11.4 Å². The first-order chi connectivity index (χ1) is 31.7. The van der Waals surface area contributed by atoms with Gasteiger partial charge in [0.05, 0.1) is 27.8 Å². The van der Waals surface area contributed by atoms with Crippen molar-refractivity contribution >= 4 is 109 Å². The topological polar surface area (TPSA) is 61.9 Å². The lowest BCUT2D eigenvalue weighted by Crippen LogP contribution is -1.99. The van der Waals surface area contributed by atoms with Gasteiger partial charge in [-0.25, -0.2) is 9.97 Å². The number of para-hydroxylation sites is 3. The Hall–Kier alpha value is -8.74. The number of benzene rings is 10. The van der Waals surface area contributed by atoms with Crippen molar-refractivity contribution in [1.82, 2.24) is 19.1 Å². The van der Waals surface area contributed by atoms with Crippen LogP contribution in [0, 0.1) is 0 Å². The van der Waals surface area contributed by atoms with Crippen molar-refractivity contribution in [2.45, 2.75) is 0 Å². The molecule has 15 rings (SSSR count). The van der Waals surface area contributed by atoms with Crippen LogP contribution in [0.2, 0.25) is 0 Å². The number of aromatic nitrogens is 4. The fourth-order valence-corrected chi connectivity index (χ4v) is 10.8. The molecular weight excluding hydrogens is 785 g/mol. The SMILES string of the molecule is c1ccc(-n2c3ccccc3c3ccc(-c4nc(-c5ccc(-n6c7ccc8cccc9oc%10cccc%11ccc6c(c%11%10)c7c89)c6ccccc56)nc5c4oc4ccccc45)cc32)cc1. The highest BCUT2D eigenvalue weighted by atomic mass is 16.3. The van der Waals surface area contributed by atoms with Gasteiger partial charge in [-0.05, 0) is 89.0 Å². The third-order valence-electron chi connectivity index (χ3n) is 13.5. The highest BCUT2D eigenvalue weighted by Crippen LogP contribution is 2.46. The molecule has 0 spiro atoms. The summed E-state index contributed by atoms with van der Waals surface area (Å²) in [4.78, 5) is 10.9. The maximum atomic E-state index is 6.72. The number of hydrogen-bond acceptors (Lipinski definition) is 4. The summed E-state index contributed by atoms with van der Waals surface area (Å²) in [6.07, 6.45) is 0. The minimum atomic E-state index is 0.639. The van der Waals surface area contributed by atoms with E-state index >= 15 is 0 Å². The maximum absolute atomic E-state index is 6.72. The van der Waals surface area contributed by atoms with Crippen LogP contribution in [0.25, 0.3) is 143 Å². The van der Waals surface area contributed by atoms with Crippen LogP contribution in [0.3, 0.4) is 0 Å². The standard InChI is InChI=1S/C58H32N4O2/c1-2-14-36(15-3-1)61-43-20-8-6-18-39(43)40-27-24-35(32-47(40)61)55-57-56(42-19-7-9-21-48(42)64-57)60-58(59-55)41-28-31-44(38-17-5-4-16-37(38)41)62-45-29-25-33-12-10-22-49-51(33)53(45)54-46(62)30-26-34-13-11-23-50(63-49)52(34)54/h1-32H. The molecule has 15 aromatic rings. The third-order valence-corrected chi connectivity index (χ3v) is 13.5. The molecule has 64 heavy (non-hydrogen) atoms.